The normalized spacial score (nSPS) is 12.8. The largest absolute Gasteiger partial charge is 0.456 e. The van der Waals surface area contributed by atoms with Crippen molar-refractivity contribution >= 4 is 11.9 Å². The van der Waals surface area contributed by atoms with E-state index in [1.54, 1.807) is 24.3 Å². The van der Waals surface area contributed by atoms with Gasteiger partial charge in [-0.3, -0.25) is 4.79 Å². The van der Waals surface area contributed by atoms with Gasteiger partial charge in [0.25, 0.3) is 0 Å². The Kier molecular flexibility index (Phi) is 18.2. The standard InChI is InChI=1S/C29H49NO4/c1-3-5-6-7-8-9-10-11-12-13-14-15-19-23-28(32)30-26(24-31)27(20-4-2)34-29(33)25-21-17-16-18-22-25/h16-18,21-22,26-27,31H,3-15,19-20,23-24H2,1-2H3,(H,30,32)/t26-,27+/m0/s1. The predicted molar refractivity (Wildman–Crippen MR) is 140 cm³/mol. The Bertz CT molecular complexity index is 634. The summed E-state index contributed by atoms with van der Waals surface area (Å²) in [6, 6.07) is 8.23. The van der Waals surface area contributed by atoms with E-state index in [9.17, 15) is 14.7 Å². The zero-order valence-electron chi connectivity index (χ0n) is 21.7. The second-order valence-electron chi connectivity index (χ2n) is 9.45. The summed E-state index contributed by atoms with van der Waals surface area (Å²) in [5.41, 5.74) is 0.471. The van der Waals surface area contributed by atoms with Gasteiger partial charge in [-0.2, -0.15) is 0 Å². The molecule has 0 spiro atoms. The summed E-state index contributed by atoms with van der Waals surface area (Å²) in [7, 11) is 0. The highest BCUT2D eigenvalue weighted by molar-refractivity contribution is 5.89. The lowest BCUT2D eigenvalue weighted by Crippen LogP contribution is -2.47. The maximum Gasteiger partial charge on any atom is 0.338 e. The highest BCUT2D eigenvalue weighted by Gasteiger charge is 2.26. The molecule has 1 aromatic rings. The van der Waals surface area contributed by atoms with E-state index in [4.69, 9.17) is 4.74 Å². The third kappa shape index (κ3) is 14.4. The molecule has 5 nitrogen and oxygen atoms in total. The number of aliphatic hydroxyl groups is 1. The van der Waals surface area contributed by atoms with Gasteiger partial charge in [-0.15, -0.1) is 0 Å². The first-order valence-corrected chi connectivity index (χ1v) is 13.8. The minimum absolute atomic E-state index is 0.0843. The number of nitrogens with one attached hydrogen (secondary N) is 1. The minimum atomic E-state index is -0.581. The van der Waals surface area contributed by atoms with E-state index in [1.165, 1.54) is 70.6 Å². The van der Waals surface area contributed by atoms with Gasteiger partial charge < -0.3 is 15.2 Å². The van der Waals surface area contributed by atoms with Crippen molar-refractivity contribution in [3.8, 4) is 0 Å². The van der Waals surface area contributed by atoms with Crippen molar-refractivity contribution in [2.24, 2.45) is 0 Å². The van der Waals surface area contributed by atoms with E-state index in [0.717, 1.165) is 19.3 Å². The molecule has 2 N–H and O–H groups in total. The molecule has 5 heteroatoms. The lowest BCUT2D eigenvalue weighted by Gasteiger charge is -2.26. The Morgan fingerprint density at radius 2 is 1.32 bits per heavy atom. The number of carbonyl (C=O) groups excluding carboxylic acids is 2. The molecule has 194 valence electrons. The van der Waals surface area contributed by atoms with Crippen LogP contribution in [0.4, 0.5) is 0 Å². The SMILES string of the molecule is CCCCCCCCCCCCCCCC(=O)N[C@@H](CO)[C@@H](CCC)OC(=O)c1ccccc1. The molecule has 0 unspecified atom stereocenters. The molecule has 0 bridgehead atoms. The molecule has 0 aliphatic carbocycles. The fraction of sp³-hybridized carbons (Fsp3) is 0.724. The Morgan fingerprint density at radius 1 is 0.794 bits per heavy atom. The van der Waals surface area contributed by atoms with Gasteiger partial charge in [0.15, 0.2) is 0 Å². The van der Waals surface area contributed by atoms with E-state index >= 15 is 0 Å². The summed E-state index contributed by atoms with van der Waals surface area (Å²) in [5, 5.41) is 12.7. The first kappa shape index (κ1) is 30.2. The van der Waals surface area contributed by atoms with Gasteiger partial charge in [0.05, 0.1) is 18.2 Å². The molecule has 1 aromatic carbocycles. The summed E-state index contributed by atoms with van der Waals surface area (Å²) in [4.78, 5) is 24.8. The number of benzene rings is 1. The van der Waals surface area contributed by atoms with Crippen LogP contribution in [0.2, 0.25) is 0 Å². The quantitative estimate of drug-likeness (QED) is 0.149. The van der Waals surface area contributed by atoms with Crippen LogP contribution in [0.1, 0.15) is 127 Å². The fourth-order valence-corrected chi connectivity index (χ4v) is 4.24. The molecule has 0 radical (unpaired) electrons. The van der Waals surface area contributed by atoms with Gasteiger partial charge in [0.1, 0.15) is 6.10 Å². The number of unbranched alkanes of at least 4 members (excludes halogenated alkanes) is 12. The van der Waals surface area contributed by atoms with Crippen LogP contribution in [-0.2, 0) is 9.53 Å². The number of rotatable bonds is 21. The highest BCUT2D eigenvalue weighted by Crippen LogP contribution is 2.14. The van der Waals surface area contributed by atoms with Gasteiger partial charge >= 0.3 is 5.97 Å². The van der Waals surface area contributed by atoms with E-state index in [-0.39, 0.29) is 12.5 Å². The molecule has 34 heavy (non-hydrogen) atoms. The molecule has 0 heterocycles. The van der Waals surface area contributed by atoms with Crippen molar-refractivity contribution in [1.82, 2.24) is 5.32 Å². The number of hydrogen-bond acceptors (Lipinski definition) is 4. The van der Waals surface area contributed by atoms with E-state index in [0.29, 0.717) is 18.4 Å². The van der Waals surface area contributed by atoms with E-state index in [2.05, 4.69) is 12.2 Å². The molecule has 1 amide bonds. The van der Waals surface area contributed by atoms with E-state index in [1.807, 2.05) is 13.0 Å². The Morgan fingerprint density at radius 3 is 1.82 bits per heavy atom. The molecule has 0 saturated heterocycles. The Balaban J connectivity index is 2.19. The number of aliphatic hydroxyl groups excluding tert-OH is 1. The lowest BCUT2D eigenvalue weighted by molar-refractivity contribution is -0.123. The van der Waals surface area contributed by atoms with Crippen LogP contribution in [0.5, 0.6) is 0 Å². The average Bonchev–Trinajstić information content (AvgIpc) is 2.85. The van der Waals surface area contributed by atoms with Gasteiger partial charge in [-0.05, 0) is 25.0 Å². The molecule has 0 fully saturated rings. The first-order chi connectivity index (χ1) is 16.6. The van der Waals surface area contributed by atoms with Crippen molar-refractivity contribution < 1.29 is 19.4 Å². The van der Waals surface area contributed by atoms with Gasteiger partial charge in [-0.25, -0.2) is 4.79 Å². The molecular formula is C29H49NO4. The Labute approximate surface area is 208 Å². The first-order valence-electron chi connectivity index (χ1n) is 13.8. The predicted octanol–water partition coefficient (Wildman–Crippen LogP) is 6.97. The van der Waals surface area contributed by atoms with Crippen molar-refractivity contribution in [2.45, 2.75) is 129 Å². The van der Waals surface area contributed by atoms with Crippen molar-refractivity contribution in [3.63, 3.8) is 0 Å². The fourth-order valence-electron chi connectivity index (χ4n) is 4.24. The lowest BCUT2D eigenvalue weighted by atomic mass is 10.0. The smallest absolute Gasteiger partial charge is 0.338 e. The van der Waals surface area contributed by atoms with Gasteiger partial charge in [0.2, 0.25) is 5.91 Å². The van der Waals surface area contributed by atoms with Crippen LogP contribution in [0, 0.1) is 0 Å². The second kappa shape index (κ2) is 20.5. The van der Waals surface area contributed by atoms with Gasteiger partial charge in [0, 0.05) is 6.42 Å². The number of esters is 1. The molecule has 0 saturated carbocycles. The summed E-state index contributed by atoms with van der Waals surface area (Å²) < 4.78 is 5.64. The number of amides is 1. The van der Waals surface area contributed by atoms with Crippen molar-refractivity contribution in [3.05, 3.63) is 35.9 Å². The molecular weight excluding hydrogens is 426 g/mol. The molecule has 1 rings (SSSR count). The van der Waals surface area contributed by atoms with Crippen molar-refractivity contribution in [1.29, 1.82) is 0 Å². The summed E-state index contributed by atoms with van der Waals surface area (Å²) in [6.45, 7) is 4.00. The van der Waals surface area contributed by atoms with Crippen molar-refractivity contribution in [2.75, 3.05) is 6.61 Å². The summed E-state index contributed by atoms with van der Waals surface area (Å²) in [5.74, 6) is -0.512. The zero-order valence-corrected chi connectivity index (χ0v) is 21.7. The number of ether oxygens (including phenoxy) is 1. The van der Waals surface area contributed by atoms with Gasteiger partial charge in [-0.1, -0.05) is 116 Å². The van der Waals surface area contributed by atoms with Crippen LogP contribution in [0.3, 0.4) is 0 Å². The highest BCUT2D eigenvalue weighted by atomic mass is 16.5. The molecule has 0 aliphatic heterocycles. The maximum atomic E-state index is 12.4. The third-order valence-electron chi connectivity index (χ3n) is 6.34. The monoisotopic (exact) mass is 475 g/mol. The van der Waals surface area contributed by atoms with Crippen LogP contribution in [0.15, 0.2) is 30.3 Å². The molecule has 0 aromatic heterocycles. The third-order valence-corrected chi connectivity index (χ3v) is 6.34. The van der Waals surface area contributed by atoms with Crippen LogP contribution < -0.4 is 5.32 Å². The molecule has 0 aliphatic rings. The van der Waals surface area contributed by atoms with Crippen LogP contribution >= 0.6 is 0 Å². The van der Waals surface area contributed by atoms with E-state index < -0.39 is 18.1 Å². The second-order valence-corrected chi connectivity index (χ2v) is 9.45. The zero-order chi connectivity index (χ0) is 24.9. The van der Waals surface area contributed by atoms with Crippen LogP contribution in [-0.4, -0.2) is 35.7 Å². The minimum Gasteiger partial charge on any atom is -0.456 e. The number of hydrogen-bond donors (Lipinski definition) is 2. The van der Waals surface area contributed by atoms with Crippen LogP contribution in [0.25, 0.3) is 0 Å². The average molecular weight is 476 g/mol. The summed E-state index contributed by atoms with van der Waals surface area (Å²) in [6.07, 6.45) is 17.8. The maximum absolute atomic E-state index is 12.4. The Hall–Kier alpha value is -1.88. The molecule has 2 atom stereocenters. The number of carbonyl (C=O) groups is 2. The summed E-state index contributed by atoms with van der Waals surface area (Å²) >= 11 is 0. The topological polar surface area (TPSA) is 75.6 Å².